The Hall–Kier alpha value is -1.82. The van der Waals surface area contributed by atoms with Crippen molar-refractivity contribution < 1.29 is 14.8 Å². The van der Waals surface area contributed by atoms with Crippen LogP contribution in [0.25, 0.3) is 0 Å². The van der Waals surface area contributed by atoms with Crippen LogP contribution in [0.3, 0.4) is 0 Å². The maximum absolute atomic E-state index is 10.9. The summed E-state index contributed by atoms with van der Waals surface area (Å²) in [6, 6.07) is 4.62. The van der Waals surface area contributed by atoms with Crippen molar-refractivity contribution in [1.82, 2.24) is 0 Å². The molecule has 1 atom stereocenters. The number of nitro groups is 1. The molecule has 2 N–H and O–H groups in total. The van der Waals surface area contributed by atoms with Gasteiger partial charge in [0.25, 0.3) is 5.69 Å². The first-order valence-electron chi connectivity index (χ1n) is 5.78. The largest absolute Gasteiger partial charge is 0.497 e. The molecule has 1 aromatic rings. The minimum Gasteiger partial charge on any atom is -0.497 e. The van der Waals surface area contributed by atoms with Crippen LogP contribution in [0.2, 0.25) is 0 Å². The lowest BCUT2D eigenvalue weighted by Gasteiger charge is -2.15. The van der Waals surface area contributed by atoms with Gasteiger partial charge in [-0.25, -0.2) is 0 Å². The zero-order valence-corrected chi connectivity index (χ0v) is 10.5. The highest BCUT2D eigenvalue weighted by molar-refractivity contribution is 5.64. The number of aliphatic hydroxyl groups excluding tert-OH is 1. The first-order valence-corrected chi connectivity index (χ1v) is 5.78. The summed E-state index contributed by atoms with van der Waals surface area (Å²) in [7, 11) is 1.51. The quantitative estimate of drug-likeness (QED) is 0.575. The highest BCUT2D eigenvalue weighted by Crippen LogP contribution is 2.29. The van der Waals surface area contributed by atoms with Crippen LogP contribution in [0, 0.1) is 10.1 Å². The summed E-state index contributed by atoms with van der Waals surface area (Å²) < 4.78 is 5.05. The van der Waals surface area contributed by atoms with E-state index in [-0.39, 0.29) is 18.3 Å². The van der Waals surface area contributed by atoms with Gasteiger partial charge in [-0.2, -0.15) is 0 Å². The molecule has 0 heterocycles. The number of benzene rings is 1. The van der Waals surface area contributed by atoms with Gasteiger partial charge in [-0.3, -0.25) is 10.1 Å². The van der Waals surface area contributed by atoms with E-state index in [0.717, 1.165) is 6.42 Å². The zero-order valence-electron chi connectivity index (χ0n) is 10.5. The standard InChI is InChI=1S/C12H18N2O4/c1-9(4-3-7-15)13-11-8-10(18-2)5-6-12(11)14(16)17/h5-6,8-9,13,15H,3-4,7H2,1-2H3. The minimum absolute atomic E-state index is 0.0200. The van der Waals surface area contributed by atoms with Crippen LogP contribution in [0.5, 0.6) is 5.75 Å². The molecule has 0 bridgehead atoms. The van der Waals surface area contributed by atoms with Crippen LogP contribution in [0.1, 0.15) is 19.8 Å². The maximum Gasteiger partial charge on any atom is 0.292 e. The molecule has 0 aromatic heterocycles. The lowest BCUT2D eigenvalue weighted by molar-refractivity contribution is -0.384. The van der Waals surface area contributed by atoms with Crippen molar-refractivity contribution in [2.24, 2.45) is 0 Å². The summed E-state index contributed by atoms with van der Waals surface area (Å²) in [5, 5.41) is 22.7. The van der Waals surface area contributed by atoms with Gasteiger partial charge >= 0.3 is 0 Å². The van der Waals surface area contributed by atoms with E-state index in [0.29, 0.717) is 17.9 Å². The van der Waals surface area contributed by atoms with E-state index >= 15 is 0 Å². The second-order valence-corrected chi connectivity index (χ2v) is 4.05. The predicted octanol–water partition coefficient (Wildman–Crippen LogP) is 2.18. The fraction of sp³-hybridized carbons (Fsp3) is 0.500. The molecule has 6 heteroatoms. The third kappa shape index (κ3) is 3.89. The topological polar surface area (TPSA) is 84.6 Å². The van der Waals surface area contributed by atoms with Gasteiger partial charge in [-0.15, -0.1) is 0 Å². The molecule has 0 aliphatic rings. The summed E-state index contributed by atoms with van der Waals surface area (Å²) in [5.41, 5.74) is 0.455. The Morgan fingerprint density at radius 1 is 1.56 bits per heavy atom. The summed E-state index contributed by atoms with van der Waals surface area (Å²) >= 11 is 0. The highest BCUT2D eigenvalue weighted by atomic mass is 16.6. The van der Waals surface area contributed by atoms with Gasteiger partial charge in [0, 0.05) is 24.8 Å². The molecule has 1 rings (SSSR count). The first kappa shape index (κ1) is 14.2. The van der Waals surface area contributed by atoms with E-state index in [2.05, 4.69) is 5.32 Å². The molecule has 1 unspecified atom stereocenters. The lowest BCUT2D eigenvalue weighted by Crippen LogP contribution is -2.16. The number of hydrogen-bond acceptors (Lipinski definition) is 5. The number of nitro benzene ring substituents is 1. The fourth-order valence-electron chi connectivity index (χ4n) is 1.65. The van der Waals surface area contributed by atoms with E-state index in [1.54, 1.807) is 12.1 Å². The van der Waals surface area contributed by atoms with Crippen molar-refractivity contribution in [3.63, 3.8) is 0 Å². The second-order valence-electron chi connectivity index (χ2n) is 4.05. The van der Waals surface area contributed by atoms with Gasteiger partial charge in [0.05, 0.1) is 12.0 Å². The lowest BCUT2D eigenvalue weighted by atomic mass is 10.1. The van der Waals surface area contributed by atoms with Crippen molar-refractivity contribution in [2.75, 3.05) is 19.0 Å². The van der Waals surface area contributed by atoms with Crippen LogP contribution < -0.4 is 10.1 Å². The number of methoxy groups -OCH3 is 1. The third-order valence-electron chi connectivity index (χ3n) is 2.60. The molecule has 6 nitrogen and oxygen atoms in total. The van der Waals surface area contributed by atoms with Crippen LogP contribution in [-0.4, -0.2) is 29.8 Å². The molecule has 0 fully saturated rings. The number of nitrogens with one attached hydrogen (secondary N) is 1. The molecule has 0 amide bonds. The zero-order chi connectivity index (χ0) is 13.5. The Morgan fingerprint density at radius 2 is 2.28 bits per heavy atom. The van der Waals surface area contributed by atoms with Gasteiger partial charge in [-0.05, 0) is 25.8 Å². The second kappa shape index (κ2) is 6.80. The summed E-state index contributed by atoms with van der Waals surface area (Å²) in [6.45, 7) is 2.03. The fourth-order valence-corrected chi connectivity index (χ4v) is 1.65. The molecule has 0 aliphatic heterocycles. The summed E-state index contributed by atoms with van der Waals surface area (Å²) in [5.74, 6) is 0.567. The van der Waals surface area contributed by atoms with Crippen molar-refractivity contribution >= 4 is 11.4 Å². The van der Waals surface area contributed by atoms with Crippen LogP contribution in [0.4, 0.5) is 11.4 Å². The van der Waals surface area contributed by atoms with Crippen molar-refractivity contribution in [1.29, 1.82) is 0 Å². The Labute approximate surface area is 106 Å². The number of aliphatic hydroxyl groups is 1. The average Bonchev–Trinajstić information content (AvgIpc) is 2.35. The average molecular weight is 254 g/mol. The molecule has 18 heavy (non-hydrogen) atoms. The SMILES string of the molecule is COc1ccc([N+](=O)[O-])c(NC(C)CCCO)c1. The number of hydrogen-bond donors (Lipinski definition) is 2. The van der Waals surface area contributed by atoms with Crippen molar-refractivity contribution in [3.8, 4) is 5.75 Å². The number of ether oxygens (including phenoxy) is 1. The monoisotopic (exact) mass is 254 g/mol. The Kier molecular flexibility index (Phi) is 5.38. The molecule has 100 valence electrons. The Bertz CT molecular complexity index is 409. The van der Waals surface area contributed by atoms with Crippen LogP contribution >= 0.6 is 0 Å². The molecule has 0 saturated heterocycles. The summed E-state index contributed by atoms with van der Waals surface area (Å²) in [4.78, 5) is 10.5. The van der Waals surface area contributed by atoms with Crippen LogP contribution in [-0.2, 0) is 0 Å². The van der Waals surface area contributed by atoms with Gasteiger partial charge < -0.3 is 15.2 Å². The van der Waals surface area contributed by atoms with E-state index in [4.69, 9.17) is 9.84 Å². The molecule has 0 aliphatic carbocycles. The Balaban J connectivity index is 2.86. The van der Waals surface area contributed by atoms with E-state index < -0.39 is 4.92 Å². The maximum atomic E-state index is 10.9. The molecular formula is C12H18N2O4. The van der Waals surface area contributed by atoms with E-state index in [1.165, 1.54) is 13.2 Å². The van der Waals surface area contributed by atoms with Gasteiger partial charge in [0.1, 0.15) is 11.4 Å². The summed E-state index contributed by atoms with van der Waals surface area (Å²) in [6.07, 6.45) is 1.40. The van der Waals surface area contributed by atoms with Gasteiger partial charge in [0.2, 0.25) is 0 Å². The van der Waals surface area contributed by atoms with Crippen molar-refractivity contribution in [3.05, 3.63) is 28.3 Å². The van der Waals surface area contributed by atoms with E-state index in [9.17, 15) is 10.1 Å². The van der Waals surface area contributed by atoms with Gasteiger partial charge in [0.15, 0.2) is 0 Å². The molecule has 0 radical (unpaired) electrons. The molecule has 1 aromatic carbocycles. The van der Waals surface area contributed by atoms with E-state index in [1.807, 2.05) is 6.92 Å². The number of nitrogens with zero attached hydrogens (tertiary/aromatic N) is 1. The number of anilines is 1. The smallest absolute Gasteiger partial charge is 0.292 e. The normalized spacial score (nSPS) is 11.9. The molecule has 0 saturated carbocycles. The minimum atomic E-state index is -0.430. The van der Waals surface area contributed by atoms with Crippen molar-refractivity contribution in [2.45, 2.75) is 25.8 Å². The highest BCUT2D eigenvalue weighted by Gasteiger charge is 2.16. The van der Waals surface area contributed by atoms with Gasteiger partial charge in [-0.1, -0.05) is 0 Å². The number of rotatable bonds is 7. The molecular weight excluding hydrogens is 236 g/mol. The first-order chi connectivity index (χ1) is 8.58. The Morgan fingerprint density at radius 3 is 2.83 bits per heavy atom. The molecule has 0 spiro atoms. The predicted molar refractivity (Wildman–Crippen MR) is 69.1 cm³/mol. The third-order valence-corrected chi connectivity index (χ3v) is 2.60. The van der Waals surface area contributed by atoms with Crippen LogP contribution in [0.15, 0.2) is 18.2 Å².